The molecule has 4 aromatic rings. The lowest BCUT2D eigenvalue weighted by Crippen LogP contribution is -2.44. The Morgan fingerprint density at radius 1 is 1.12 bits per heavy atom. The first-order valence-corrected chi connectivity index (χ1v) is 14.5. The third-order valence-electron chi connectivity index (χ3n) is 7.64. The van der Waals surface area contributed by atoms with Crippen molar-refractivity contribution in [2.75, 3.05) is 51.8 Å². The van der Waals surface area contributed by atoms with E-state index in [1.165, 1.54) is 11.3 Å². The lowest BCUT2D eigenvalue weighted by atomic mass is 9.90. The summed E-state index contributed by atoms with van der Waals surface area (Å²) in [7, 11) is 3.70. The fourth-order valence-electron chi connectivity index (χ4n) is 5.55. The van der Waals surface area contributed by atoms with Gasteiger partial charge in [0.25, 0.3) is 5.56 Å². The molecule has 0 amide bonds. The van der Waals surface area contributed by atoms with Crippen molar-refractivity contribution >= 4 is 40.0 Å². The molecule has 1 saturated heterocycles. The first kappa shape index (κ1) is 27.0. The van der Waals surface area contributed by atoms with Gasteiger partial charge in [0.2, 0.25) is 0 Å². The average molecular weight is 573 g/mol. The second kappa shape index (κ2) is 11.0. The molecule has 0 spiro atoms. The zero-order valence-corrected chi connectivity index (χ0v) is 24.4. The van der Waals surface area contributed by atoms with Gasteiger partial charge in [-0.1, -0.05) is 41.7 Å². The number of thiazole rings is 1. The molecule has 1 fully saturated rings. The predicted molar refractivity (Wildman–Crippen MR) is 159 cm³/mol. The smallest absolute Gasteiger partial charge is 0.338 e. The summed E-state index contributed by atoms with van der Waals surface area (Å²) in [5, 5.41) is 1.85. The van der Waals surface area contributed by atoms with Crippen LogP contribution in [0.4, 0.5) is 5.88 Å². The van der Waals surface area contributed by atoms with Gasteiger partial charge in [-0.3, -0.25) is 9.36 Å². The van der Waals surface area contributed by atoms with Crippen molar-refractivity contribution in [1.82, 2.24) is 9.47 Å². The molecule has 2 aliphatic rings. The van der Waals surface area contributed by atoms with Crippen LogP contribution in [0.1, 0.15) is 31.2 Å². The number of hydrogen-bond acceptors (Lipinski definition) is 9. The van der Waals surface area contributed by atoms with E-state index in [0.29, 0.717) is 37.7 Å². The van der Waals surface area contributed by atoms with Crippen molar-refractivity contribution < 1.29 is 18.7 Å². The van der Waals surface area contributed by atoms with E-state index in [-0.39, 0.29) is 12.2 Å². The zero-order valence-electron chi connectivity index (χ0n) is 23.5. The van der Waals surface area contributed by atoms with Crippen molar-refractivity contribution in [3.63, 3.8) is 0 Å². The molecule has 0 aliphatic carbocycles. The highest BCUT2D eigenvalue weighted by atomic mass is 32.1. The summed E-state index contributed by atoms with van der Waals surface area (Å²) in [6.45, 7) is 7.44. The van der Waals surface area contributed by atoms with E-state index < -0.39 is 12.0 Å². The molecule has 41 heavy (non-hydrogen) atoms. The molecule has 0 N–H and O–H groups in total. The molecule has 212 valence electrons. The molecule has 9 nitrogen and oxygen atoms in total. The number of anilines is 1. The number of ether oxygens (including phenoxy) is 2. The van der Waals surface area contributed by atoms with E-state index in [4.69, 9.17) is 18.9 Å². The number of carbonyl (C=O) groups excluding carboxylic acids is 1. The molecule has 2 aromatic heterocycles. The van der Waals surface area contributed by atoms with Crippen LogP contribution in [0.2, 0.25) is 0 Å². The number of nitrogens with zero attached hydrogens (tertiary/aromatic N) is 4. The molecule has 4 heterocycles. The minimum atomic E-state index is -0.786. The number of hydrogen-bond donors (Lipinski definition) is 0. The average Bonchev–Trinajstić information content (AvgIpc) is 3.56. The van der Waals surface area contributed by atoms with Crippen LogP contribution >= 0.6 is 11.3 Å². The Hall–Kier alpha value is -4.15. The van der Waals surface area contributed by atoms with E-state index in [1.807, 2.05) is 48.5 Å². The largest absolute Gasteiger partial charge is 0.496 e. The van der Waals surface area contributed by atoms with Gasteiger partial charge in [0.15, 0.2) is 10.7 Å². The molecule has 0 saturated carbocycles. The number of likely N-dealkylation sites (N-methyl/N-ethyl adjacent to an activating group) is 1. The third kappa shape index (κ3) is 4.87. The van der Waals surface area contributed by atoms with Crippen LogP contribution in [0, 0.1) is 0 Å². The van der Waals surface area contributed by atoms with Crippen LogP contribution in [0.15, 0.2) is 74.0 Å². The summed E-state index contributed by atoms with van der Waals surface area (Å²) >= 11 is 1.27. The number of furan rings is 1. The van der Waals surface area contributed by atoms with Gasteiger partial charge in [-0.15, -0.1) is 0 Å². The Morgan fingerprint density at radius 2 is 1.90 bits per heavy atom. The quantitative estimate of drug-likeness (QED) is 0.328. The summed E-state index contributed by atoms with van der Waals surface area (Å²) in [6.07, 6.45) is 1.75. The predicted octanol–water partition coefficient (Wildman–Crippen LogP) is 3.30. The summed E-state index contributed by atoms with van der Waals surface area (Å²) in [5.41, 5.74) is 1.27. The topological polar surface area (TPSA) is 89.5 Å². The van der Waals surface area contributed by atoms with Crippen LogP contribution in [0.25, 0.3) is 16.8 Å². The second-order valence-electron chi connectivity index (χ2n) is 10.2. The number of rotatable bonds is 6. The summed E-state index contributed by atoms with van der Waals surface area (Å²) in [5.74, 6) is 1.44. The number of methoxy groups -OCH3 is 1. The van der Waals surface area contributed by atoms with Crippen LogP contribution < -0.4 is 24.5 Å². The van der Waals surface area contributed by atoms with Crippen LogP contribution in [0.5, 0.6) is 5.75 Å². The maximum absolute atomic E-state index is 14.1. The number of benzene rings is 2. The molecule has 10 heteroatoms. The van der Waals surface area contributed by atoms with Crippen LogP contribution in [-0.4, -0.2) is 62.4 Å². The van der Waals surface area contributed by atoms with Crippen LogP contribution in [0.3, 0.4) is 0 Å². The van der Waals surface area contributed by atoms with Gasteiger partial charge >= 0.3 is 5.97 Å². The molecule has 1 atom stereocenters. The van der Waals surface area contributed by atoms with E-state index in [1.54, 1.807) is 31.6 Å². The van der Waals surface area contributed by atoms with Crippen molar-refractivity contribution in [3.05, 3.63) is 90.8 Å². The monoisotopic (exact) mass is 572 g/mol. The Balaban J connectivity index is 1.52. The minimum Gasteiger partial charge on any atom is -0.496 e. The van der Waals surface area contributed by atoms with E-state index >= 15 is 0 Å². The number of carbonyl (C=O) groups is 1. The Morgan fingerprint density at radius 3 is 2.66 bits per heavy atom. The Labute approximate surface area is 241 Å². The number of piperazine rings is 1. The fourth-order valence-corrected chi connectivity index (χ4v) is 6.57. The number of fused-ring (bicyclic) bond motifs is 2. The Bertz CT molecular complexity index is 1840. The maximum Gasteiger partial charge on any atom is 0.338 e. The number of aromatic nitrogens is 1. The molecule has 0 bridgehead atoms. The number of allylic oxidation sites excluding steroid dienone is 1. The lowest BCUT2D eigenvalue weighted by Gasteiger charge is -2.32. The standard InChI is InChI=1S/C31H32N4O5S/c1-5-39-30(37)26-19(2)32-31-35(28(26)27-22-9-7-6-8-20(22)10-12-23(27)38-4)29(36)24(41-31)18-21-11-13-25(40-21)34-16-14-33(3)15-17-34/h6-13,18,28H,5,14-17H2,1-4H3/b24-18-/t28-/m1/s1. The molecular formula is C31H32N4O5S. The first-order valence-electron chi connectivity index (χ1n) is 13.7. The molecule has 0 radical (unpaired) electrons. The second-order valence-corrected chi connectivity index (χ2v) is 11.2. The van der Waals surface area contributed by atoms with Crippen molar-refractivity contribution in [1.29, 1.82) is 0 Å². The molecule has 2 aliphatic heterocycles. The summed E-state index contributed by atoms with van der Waals surface area (Å²) < 4.78 is 19.5. The molecular weight excluding hydrogens is 540 g/mol. The normalized spacial score (nSPS) is 18.0. The van der Waals surface area contributed by atoms with Gasteiger partial charge in [-0.25, -0.2) is 9.79 Å². The highest BCUT2D eigenvalue weighted by molar-refractivity contribution is 7.07. The first-order chi connectivity index (χ1) is 19.9. The zero-order chi connectivity index (χ0) is 28.7. The Kier molecular flexibility index (Phi) is 7.27. The van der Waals surface area contributed by atoms with Crippen molar-refractivity contribution in [2.45, 2.75) is 19.9 Å². The molecule has 2 aromatic carbocycles. The van der Waals surface area contributed by atoms with E-state index in [9.17, 15) is 9.59 Å². The third-order valence-corrected chi connectivity index (χ3v) is 8.62. The molecule has 6 rings (SSSR count). The van der Waals surface area contributed by atoms with Crippen molar-refractivity contribution in [2.24, 2.45) is 4.99 Å². The summed E-state index contributed by atoms with van der Waals surface area (Å²) in [4.78, 5) is 37.2. The summed E-state index contributed by atoms with van der Waals surface area (Å²) in [6, 6.07) is 14.7. The van der Waals surface area contributed by atoms with Gasteiger partial charge in [0.05, 0.1) is 29.5 Å². The van der Waals surface area contributed by atoms with E-state index in [2.05, 4.69) is 16.8 Å². The highest BCUT2D eigenvalue weighted by Crippen LogP contribution is 2.40. The number of esters is 1. The van der Waals surface area contributed by atoms with Gasteiger partial charge in [0, 0.05) is 43.9 Å². The lowest BCUT2D eigenvalue weighted by molar-refractivity contribution is -0.139. The van der Waals surface area contributed by atoms with Crippen LogP contribution in [-0.2, 0) is 9.53 Å². The van der Waals surface area contributed by atoms with Gasteiger partial charge < -0.3 is 23.7 Å². The minimum absolute atomic E-state index is 0.202. The van der Waals surface area contributed by atoms with Gasteiger partial charge in [-0.2, -0.15) is 0 Å². The van der Waals surface area contributed by atoms with Gasteiger partial charge in [-0.05, 0) is 43.8 Å². The highest BCUT2D eigenvalue weighted by Gasteiger charge is 2.36. The van der Waals surface area contributed by atoms with Crippen molar-refractivity contribution in [3.8, 4) is 5.75 Å². The maximum atomic E-state index is 14.1. The SMILES string of the molecule is CCOC(=O)C1=C(C)N=c2s/c(=C\c3ccc(N4CCN(C)CC4)o3)c(=O)n2[C@H]1c1c(OC)ccc2ccccc12. The molecule has 0 unspecified atom stereocenters. The van der Waals surface area contributed by atoms with Gasteiger partial charge in [0.1, 0.15) is 17.6 Å². The fraction of sp³-hybridized carbons (Fsp3) is 0.323. The van der Waals surface area contributed by atoms with E-state index in [0.717, 1.165) is 42.8 Å².